The van der Waals surface area contributed by atoms with E-state index in [1.165, 1.54) is 0 Å². The van der Waals surface area contributed by atoms with Crippen LogP contribution in [0.3, 0.4) is 0 Å². The van der Waals surface area contributed by atoms with Gasteiger partial charge in [0.25, 0.3) is 5.91 Å². The van der Waals surface area contributed by atoms with Crippen molar-refractivity contribution < 1.29 is 22.8 Å². The van der Waals surface area contributed by atoms with Crippen LogP contribution in [-0.4, -0.2) is 38.0 Å². The topological polar surface area (TPSA) is 70.2 Å². The zero-order valence-corrected chi connectivity index (χ0v) is 11.7. The Balaban J connectivity index is 1.77. The number of hydrogen-bond acceptors (Lipinski definition) is 3. The minimum atomic E-state index is -4.44. The molecule has 1 aromatic rings. The molecule has 120 valence electrons. The van der Waals surface area contributed by atoms with Crippen LogP contribution < -0.4 is 16.0 Å². The fraction of sp³-hybridized carbons (Fsp3) is 0.429. The van der Waals surface area contributed by atoms with Gasteiger partial charge in [-0.05, 0) is 24.3 Å². The molecular weight excluding hydrogens is 299 g/mol. The summed E-state index contributed by atoms with van der Waals surface area (Å²) < 4.78 is 37.2. The summed E-state index contributed by atoms with van der Waals surface area (Å²) in [5.74, 6) is -0.504. The van der Waals surface area contributed by atoms with Gasteiger partial charge >= 0.3 is 6.18 Å². The molecule has 0 bridgehead atoms. The van der Waals surface area contributed by atoms with Crippen molar-refractivity contribution in [3.8, 4) is 0 Å². The zero-order valence-electron chi connectivity index (χ0n) is 11.7. The third-order valence-corrected chi connectivity index (χ3v) is 3.34. The molecule has 2 amide bonds. The lowest BCUT2D eigenvalue weighted by Gasteiger charge is -2.27. The molecule has 3 N–H and O–H groups in total. The Morgan fingerprint density at radius 2 is 1.77 bits per heavy atom. The lowest BCUT2D eigenvalue weighted by atomic mass is 10.0. The maximum absolute atomic E-state index is 12.4. The molecule has 0 spiro atoms. The summed E-state index contributed by atoms with van der Waals surface area (Å²) in [6.07, 6.45) is -4.44. The lowest BCUT2D eigenvalue weighted by Crippen LogP contribution is -2.49. The molecule has 8 heteroatoms. The molecule has 1 fully saturated rings. The van der Waals surface area contributed by atoms with Gasteiger partial charge in [-0.15, -0.1) is 0 Å². The Kier molecular flexibility index (Phi) is 5.02. The first kappa shape index (κ1) is 16.3. The second-order valence-corrected chi connectivity index (χ2v) is 5.09. The molecule has 1 aliphatic rings. The molecule has 2 rings (SSSR count). The van der Waals surface area contributed by atoms with E-state index in [-0.39, 0.29) is 18.0 Å². The number of alkyl halides is 3. The van der Waals surface area contributed by atoms with E-state index in [4.69, 9.17) is 0 Å². The molecule has 0 aliphatic carbocycles. The standard InChI is InChI=1S/C14H16F3N3O2/c15-14(16,17)11-3-1-10(2-4-11)13(22)20-8-12(21)19-7-9-5-18-6-9/h1-4,9,18H,5-8H2,(H,19,21)(H,20,22). The second kappa shape index (κ2) is 6.78. The average molecular weight is 315 g/mol. The molecule has 0 radical (unpaired) electrons. The van der Waals surface area contributed by atoms with Gasteiger partial charge in [-0.3, -0.25) is 9.59 Å². The summed E-state index contributed by atoms with van der Waals surface area (Å²) in [6, 6.07) is 3.82. The Labute approximate surface area is 125 Å². The molecular formula is C14H16F3N3O2. The maximum atomic E-state index is 12.4. The minimum absolute atomic E-state index is 0.0731. The number of carbonyl (C=O) groups excluding carboxylic acids is 2. The highest BCUT2D eigenvalue weighted by molar-refractivity contribution is 5.96. The highest BCUT2D eigenvalue weighted by Gasteiger charge is 2.30. The van der Waals surface area contributed by atoms with Crippen molar-refractivity contribution >= 4 is 11.8 Å². The Hall–Kier alpha value is -2.09. The number of nitrogens with one attached hydrogen (secondary N) is 3. The van der Waals surface area contributed by atoms with E-state index in [1.807, 2.05) is 0 Å². The molecule has 1 aliphatic heterocycles. The highest BCUT2D eigenvalue weighted by atomic mass is 19.4. The summed E-state index contributed by atoms with van der Waals surface area (Å²) in [5, 5.41) is 8.12. The van der Waals surface area contributed by atoms with Gasteiger partial charge in [-0.2, -0.15) is 13.2 Å². The second-order valence-electron chi connectivity index (χ2n) is 5.09. The molecule has 1 heterocycles. The van der Waals surface area contributed by atoms with Gasteiger partial charge in [0.2, 0.25) is 5.91 Å². The number of hydrogen-bond donors (Lipinski definition) is 3. The molecule has 0 saturated carbocycles. The van der Waals surface area contributed by atoms with Crippen molar-refractivity contribution in [2.75, 3.05) is 26.2 Å². The van der Waals surface area contributed by atoms with Gasteiger partial charge in [0.15, 0.2) is 0 Å². The Bertz CT molecular complexity index is 539. The Morgan fingerprint density at radius 1 is 1.14 bits per heavy atom. The monoisotopic (exact) mass is 315 g/mol. The summed E-state index contributed by atoms with van der Waals surface area (Å²) >= 11 is 0. The Morgan fingerprint density at radius 3 is 2.27 bits per heavy atom. The molecule has 0 aromatic heterocycles. The van der Waals surface area contributed by atoms with Crippen LogP contribution in [0.5, 0.6) is 0 Å². The molecule has 5 nitrogen and oxygen atoms in total. The van der Waals surface area contributed by atoms with Crippen molar-refractivity contribution in [2.45, 2.75) is 6.18 Å². The number of halogens is 3. The van der Waals surface area contributed by atoms with Crippen LogP contribution in [0.15, 0.2) is 24.3 Å². The van der Waals surface area contributed by atoms with E-state index in [1.54, 1.807) is 0 Å². The minimum Gasteiger partial charge on any atom is -0.354 e. The third-order valence-electron chi connectivity index (χ3n) is 3.34. The van der Waals surface area contributed by atoms with Crippen LogP contribution in [0, 0.1) is 5.92 Å². The van der Waals surface area contributed by atoms with Crippen LogP contribution in [0.4, 0.5) is 13.2 Å². The van der Waals surface area contributed by atoms with Gasteiger partial charge in [-0.25, -0.2) is 0 Å². The van der Waals surface area contributed by atoms with Crippen molar-refractivity contribution in [1.29, 1.82) is 0 Å². The van der Waals surface area contributed by atoms with Crippen LogP contribution in [0.25, 0.3) is 0 Å². The van der Waals surface area contributed by atoms with E-state index >= 15 is 0 Å². The predicted molar refractivity (Wildman–Crippen MR) is 73.1 cm³/mol. The van der Waals surface area contributed by atoms with E-state index in [0.717, 1.165) is 37.4 Å². The van der Waals surface area contributed by atoms with Crippen molar-refractivity contribution in [3.05, 3.63) is 35.4 Å². The lowest BCUT2D eigenvalue weighted by molar-refractivity contribution is -0.137. The van der Waals surface area contributed by atoms with Crippen molar-refractivity contribution in [3.63, 3.8) is 0 Å². The molecule has 0 atom stereocenters. The fourth-order valence-corrected chi connectivity index (χ4v) is 1.89. The van der Waals surface area contributed by atoms with Crippen LogP contribution in [0.1, 0.15) is 15.9 Å². The van der Waals surface area contributed by atoms with Crippen LogP contribution in [0.2, 0.25) is 0 Å². The first-order valence-corrected chi connectivity index (χ1v) is 6.79. The molecule has 0 unspecified atom stereocenters. The number of carbonyl (C=O) groups is 2. The van der Waals surface area contributed by atoms with Gasteiger partial charge in [-0.1, -0.05) is 0 Å². The van der Waals surface area contributed by atoms with Gasteiger partial charge in [0.05, 0.1) is 12.1 Å². The van der Waals surface area contributed by atoms with Crippen molar-refractivity contribution in [2.24, 2.45) is 5.92 Å². The summed E-state index contributed by atoms with van der Waals surface area (Å²) in [6.45, 7) is 2.05. The highest BCUT2D eigenvalue weighted by Crippen LogP contribution is 2.28. The summed E-state index contributed by atoms with van der Waals surface area (Å²) in [5.41, 5.74) is -0.750. The van der Waals surface area contributed by atoms with Gasteiger partial charge in [0, 0.05) is 31.1 Å². The first-order valence-electron chi connectivity index (χ1n) is 6.79. The SMILES string of the molecule is O=C(CNC(=O)c1ccc(C(F)(F)F)cc1)NCC1CNC1. The number of amides is 2. The van der Waals surface area contributed by atoms with Crippen LogP contribution in [-0.2, 0) is 11.0 Å². The maximum Gasteiger partial charge on any atom is 0.416 e. The summed E-state index contributed by atoms with van der Waals surface area (Å²) in [4.78, 5) is 23.2. The van der Waals surface area contributed by atoms with E-state index in [0.29, 0.717) is 12.5 Å². The van der Waals surface area contributed by atoms with E-state index in [9.17, 15) is 22.8 Å². The predicted octanol–water partition coefficient (Wildman–Crippen LogP) is 0.771. The van der Waals surface area contributed by atoms with Gasteiger partial charge in [0.1, 0.15) is 0 Å². The third kappa shape index (κ3) is 4.45. The number of benzene rings is 1. The van der Waals surface area contributed by atoms with E-state index < -0.39 is 17.6 Å². The first-order chi connectivity index (χ1) is 10.4. The van der Waals surface area contributed by atoms with E-state index in [2.05, 4.69) is 16.0 Å². The molecule has 1 saturated heterocycles. The van der Waals surface area contributed by atoms with Crippen molar-refractivity contribution in [1.82, 2.24) is 16.0 Å². The quantitative estimate of drug-likeness (QED) is 0.752. The fourth-order valence-electron chi connectivity index (χ4n) is 1.89. The van der Waals surface area contributed by atoms with Gasteiger partial charge < -0.3 is 16.0 Å². The summed E-state index contributed by atoms with van der Waals surface area (Å²) in [7, 11) is 0. The van der Waals surface area contributed by atoms with Crippen LogP contribution >= 0.6 is 0 Å². The normalized spacial score (nSPS) is 15.0. The largest absolute Gasteiger partial charge is 0.416 e. The molecule has 1 aromatic carbocycles. The smallest absolute Gasteiger partial charge is 0.354 e. The number of rotatable bonds is 5. The zero-order chi connectivity index (χ0) is 16.2. The average Bonchev–Trinajstić information content (AvgIpc) is 2.42. The molecule has 22 heavy (non-hydrogen) atoms.